The van der Waals surface area contributed by atoms with Crippen molar-refractivity contribution in [1.29, 1.82) is 0 Å². The Bertz CT molecular complexity index is 788. The van der Waals surface area contributed by atoms with Crippen LogP contribution in [0.3, 0.4) is 0 Å². The summed E-state index contributed by atoms with van der Waals surface area (Å²) < 4.78 is 6.47. The predicted octanol–water partition coefficient (Wildman–Crippen LogP) is 4.97. The first-order chi connectivity index (χ1) is 10.1. The SMILES string of the molecule is Cc1cc(C)cc(-c2onc(N)c2-c2ccccc2Br)c1. The van der Waals surface area contributed by atoms with Crippen molar-refractivity contribution in [2.75, 3.05) is 5.73 Å². The van der Waals surface area contributed by atoms with Crippen molar-refractivity contribution >= 4 is 21.7 Å². The van der Waals surface area contributed by atoms with Crippen molar-refractivity contribution in [3.63, 3.8) is 0 Å². The van der Waals surface area contributed by atoms with Gasteiger partial charge >= 0.3 is 0 Å². The lowest BCUT2D eigenvalue weighted by atomic mass is 9.99. The van der Waals surface area contributed by atoms with Crippen LogP contribution in [0.2, 0.25) is 0 Å². The average molecular weight is 343 g/mol. The van der Waals surface area contributed by atoms with Crippen molar-refractivity contribution in [2.24, 2.45) is 0 Å². The summed E-state index contributed by atoms with van der Waals surface area (Å²) in [5, 5.41) is 3.95. The van der Waals surface area contributed by atoms with Crippen molar-refractivity contribution in [1.82, 2.24) is 5.16 Å². The molecule has 0 bridgehead atoms. The van der Waals surface area contributed by atoms with Crippen molar-refractivity contribution in [3.8, 4) is 22.5 Å². The summed E-state index contributed by atoms with van der Waals surface area (Å²) in [6.07, 6.45) is 0. The van der Waals surface area contributed by atoms with Gasteiger partial charge in [-0.1, -0.05) is 56.5 Å². The summed E-state index contributed by atoms with van der Waals surface area (Å²) in [7, 11) is 0. The minimum absolute atomic E-state index is 0.399. The van der Waals surface area contributed by atoms with E-state index in [0.717, 1.165) is 21.2 Å². The topological polar surface area (TPSA) is 52.0 Å². The maximum Gasteiger partial charge on any atom is 0.176 e. The second-order valence-corrected chi connectivity index (χ2v) is 5.98. The molecule has 3 aromatic rings. The van der Waals surface area contributed by atoms with Gasteiger partial charge in [0.15, 0.2) is 11.6 Å². The fourth-order valence-electron chi connectivity index (χ4n) is 2.53. The highest BCUT2D eigenvalue weighted by Crippen LogP contribution is 2.40. The molecule has 2 aromatic carbocycles. The molecule has 0 saturated heterocycles. The molecule has 0 fully saturated rings. The first-order valence-corrected chi connectivity index (χ1v) is 7.44. The molecule has 4 heteroatoms. The van der Waals surface area contributed by atoms with E-state index < -0.39 is 0 Å². The van der Waals surface area contributed by atoms with Crippen LogP contribution in [0.1, 0.15) is 11.1 Å². The van der Waals surface area contributed by atoms with Gasteiger partial charge in [0.25, 0.3) is 0 Å². The molecule has 1 heterocycles. The highest BCUT2D eigenvalue weighted by atomic mass is 79.9. The molecule has 3 rings (SSSR count). The number of rotatable bonds is 2. The average Bonchev–Trinajstić information content (AvgIpc) is 2.80. The van der Waals surface area contributed by atoms with Gasteiger partial charge in [-0.25, -0.2) is 0 Å². The maximum atomic E-state index is 6.03. The lowest BCUT2D eigenvalue weighted by Gasteiger charge is -2.07. The van der Waals surface area contributed by atoms with Crippen LogP contribution in [0.4, 0.5) is 5.82 Å². The Kier molecular flexibility index (Phi) is 3.55. The van der Waals surface area contributed by atoms with E-state index in [9.17, 15) is 0 Å². The standard InChI is InChI=1S/C17H15BrN2O/c1-10-7-11(2)9-12(8-10)16-15(17(19)20-21-16)13-5-3-4-6-14(13)18/h3-9H,1-2H3,(H2,19,20). The zero-order valence-corrected chi connectivity index (χ0v) is 13.4. The molecular formula is C17H15BrN2O. The van der Waals surface area contributed by atoms with E-state index in [1.165, 1.54) is 11.1 Å². The molecule has 0 amide bonds. The van der Waals surface area contributed by atoms with Crippen LogP contribution in [0, 0.1) is 13.8 Å². The Morgan fingerprint density at radius 1 is 1.05 bits per heavy atom. The minimum atomic E-state index is 0.399. The molecule has 0 atom stereocenters. The zero-order chi connectivity index (χ0) is 15.0. The Morgan fingerprint density at radius 2 is 1.71 bits per heavy atom. The highest BCUT2D eigenvalue weighted by Gasteiger charge is 2.19. The fraction of sp³-hybridized carbons (Fsp3) is 0.118. The molecule has 106 valence electrons. The number of benzene rings is 2. The van der Waals surface area contributed by atoms with E-state index in [1.54, 1.807) is 0 Å². The molecule has 0 aliphatic carbocycles. The monoisotopic (exact) mass is 342 g/mol. The molecule has 0 aliphatic heterocycles. The molecule has 2 N–H and O–H groups in total. The van der Waals surface area contributed by atoms with E-state index in [1.807, 2.05) is 24.3 Å². The number of anilines is 1. The number of aromatic nitrogens is 1. The molecule has 0 aliphatic rings. The zero-order valence-electron chi connectivity index (χ0n) is 11.9. The second kappa shape index (κ2) is 5.37. The molecule has 21 heavy (non-hydrogen) atoms. The summed E-state index contributed by atoms with van der Waals surface area (Å²) in [5.41, 5.74) is 11.2. The fourth-order valence-corrected chi connectivity index (χ4v) is 3.01. The highest BCUT2D eigenvalue weighted by molar-refractivity contribution is 9.10. The minimum Gasteiger partial charge on any atom is -0.380 e. The summed E-state index contributed by atoms with van der Waals surface area (Å²) in [5.74, 6) is 1.10. The van der Waals surface area contributed by atoms with Crippen LogP contribution in [-0.4, -0.2) is 5.16 Å². The van der Waals surface area contributed by atoms with E-state index in [2.05, 4.69) is 53.1 Å². The van der Waals surface area contributed by atoms with Crippen LogP contribution in [0.15, 0.2) is 51.5 Å². The van der Waals surface area contributed by atoms with Crippen molar-refractivity contribution in [2.45, 2.75) is 13.8 Å². The number of hydrogen-bond acceptors (Lipinski definition) is 3. The van der Waals surface area contributed by atoms with Crippen molar-refractivity contribution in [3.05, 3.63) is 58.1 Å². The lowest BCUT2D eigenvalue weighted by molar-refractivity contribution is 0.436. The number of nitrogen functional groups attached to an aromatic ring is 1. The van der Waals surface area contributed by atoms with Crippen LogP contribution in [-0.2, 0) is 0 Å². The second-order valence-electron chi connectivity index (χ2n) is 5.13. The Labute approximate surface area is 131 Å². The van der Waals surface area contributed by atoms with E-state index in [0.29, 0.717) is 11.6 Å². The van der Waals surface area contributed by atoms with Gasteiger partial charge in [-0.15, -0.1) is 0 Å². The summed E-state index contributed by atoms with van der Waals surface area (Å²) in [4.78, 5) is 0. The Hall–Kier alpha value is -2.07. The first kappa shape index (κ1) is 13.9. The van der Waals surface area contributed by atoms with Gasteiger partial charge in [-0.2, -0.15) is 0 Å². The van der Waals surface area contributed by atoms with Gasteiger partial charge < -0.3 is 10.3 Å². The van der Waals surface area contributed by atoms with E-state index in [4.69, 9.17) is 10.3 Å². The summed E-state index contributed by atoms with van der Waals surface area (Å²) in [6, 6.07) is 14.2. The molecular weight excluding hydrogens is 328 g/mol. The Morgan fingerprint density at radius 3 is 2.38 bits per heavy atom. The third-order valence-corrected chi connectivity index (χ3v) is 4.04. The Balaban J connectivity index is 2.24. The predicted molar refractivity (Wildman–Crippen MR) is 89.0 cm³/mol. The summed E-state index contributed by atoms with van der Waals surface area (Å²) in [6.45, 7) is 4.13. The van der Waals surface area contributed by atoms with Crippen LogP contribution >= 0.6 is 15.9 Å². The van der Waals surface area contributed by atoms with E-state index >= 15 is 0 Å². The van der Waals surface area contributed by atoms with Crippen LogP contribution in [0.25, 0.3) is 22.5 Å². The van der Waals surface area contributed by atoms with Gasteiger partial charge in [0.05, 0.1) is 5.56 Å². The number of aryl methyl sites for hydroxylation is 2. The van der Waals surface area contributed by atoms with Gasteiger partial charge in [0, 0.05) is 15.6 Å². The van der Waals surface area contributed by atoms with Gasteiger partial charge in [0.2, 0.25) is 0 Å². The molecule has 0 saturated carbocycles. The first-order valence-electron chi connectivity index (χ1n) is 6.65. The van der Waals surface area contributed by atoms with Gasteiger partial charge in [-0.05, 0) is 32.0 Å². The summed E-state index contributed by atoms with van der Waals surface area (Å²) >= 11 is 3.56. The number of hydrogen-bond donors (Lipinski definition) is 1. The van der Waals surface area contributed by atoms with Crippen LogP contribution in [0.5, 0.6) is 0 Å². The van der Waals surface area contributed by atoms with Crippen molar-refractivity contribution < 1.29 is 4.52 Å². The third kappa shape index (κ3) is 2.59. The smallest absolute Gasteiger partial charge is 0.176 e. The maximum absolute atomic E-state index is 6.03. The molecule has 0 radical (unpaired) electrons. The third-order valence-electron chi connectivity index (χ3n) is 3.35. The number of nitrogens with zero attached hydrogens (tertiary/aromatic N) is 1. The van der Waals surface area contributed by atoms with Crippen LogP contribution < -0.4 is 5.73 Å². The van der Waals surface area contributed by atoms with Gasteiger partial charge in [0.1, 0.15) is 0 Å². The molecule has 1 aromatic heterocycles. The molecule has 3 nitrogen and oxygen atoms in total. The number of halogens is 1. The van der Waals surface area contributed by atoms with E-state index in [-0.39, 0.29) is 0 Å². The van der Waals surface area contributed by atoms with Gasteiger partial charge in [-0.3, -0.25) is 0 Å². The lowest BCUT2D eigenvalue weighted by Crippen LogP contribution is -1.90. The molecule has 0 spiro atoms. The largest absolute Gasteiger partial charge is 0.380 e. The number of nitrogens with two attached hydrogens (primary N) is 1. The normalized spacial score (nSPS) is 10.8. The quantitative estimate of drug-likeness (QED) is 0.715. The molecule has 0 unspecified atom stereocenters.